The van der Waals surface area contributed by atoms with Gasteiger partial charge in [0.05, 0.1) is 12.7 Å². The van der Waals surface area contributed by atoms with E-state index in [2.05, 4.69) is 20.5 Å². The molecule has 1 aromatic heterocycles. The van der Waals surface area contributed by atoms with Crippen LogP contribution in [0.15, 0.2) is 36.5 Å². The SMILES string of the molecule is COc1cccc(C(=O)NC2C[C@H]3CC[C@@H](C2)N3c2ccc(C(=O)NCCSC)cn2)c1C. The van der Waals surface area contributed by atoms with Gasteiger partial charge in [0.25, 0.3) is 11.8 Å². The minimum Gasteiger partial charge on any atom is -0.496 e. The number of ether oxygens (including phenoxy) is 1. The fraction of sp³-hybridized carbons (Fsp3) is 0.480. The topological polar surface area (TPSA) is 83.6 Å². The second kappa shape index (κ2) is 10.5. The highest BCUT2D eigenvalue weighted by molar-refractivity contribution is 7.98. The molecule has 2 fully saturated rings. The number of pyridine rings is 1. The molecule has 4 rings (SSSR count). The van der Waals surface area contributed by atoms with E-state index in [-0.39, 0.29) is 17.9 Å². The van der Waals surface area contributed by atoms with Gasteiger partial charge in [0.2, 0.25) is 0 Å². The molecule has 2 aliphatic heterocycles. The number of aromatic nitrogens is 1. The molecule has 0 radical (unpaired) electrons. The van der Waals surface area contributed by atoms with Crippen LogP contribution < -0.4 is 20.3 Å². The number of rotatable bonds is 8. The van der Waals surface area contributed by atoms with Crippen molar-refractivity contribution in [3.8, 4) is 5.75 Å². The molecule has 0 aliphatic carbocycles. The number of methoxy groups -OCH3 is 1. The minimum absolute atomic E-state index is 0.0424. The number of piperidine rings is 1. The summed E-state index contributed by atoms with van der Waals surface area (Å²) in [7, 11) is 1.62. The van der Waals surface area contributed by atoms with Crippen LogP contribution in [0.25, 0.3) is 0 Å². The first kappa shape index (κ1) is 23.4. The maximum atomic E-state index is 13.0. The van der Waals surface area contributed by atoms with E-state index >= 15 is 0 Å². The first-order valence-electron chi connectivity index (χ1n) is 11.5. The van der Waals surface area contributed by atoms with Crippen LogP contribution in [-0.4, -0.2) is 60.6 Å². The number of nitrogens with one attached hydrogen (secondary N) is 2. The van der Waals surface area contributed by atoms with Gasteiger partial charge in [-0.25, -0.2) is 4.98 Å². The van der Waals surface area contributed by atoms with Crippen LogP contribution in [0.4, 0.5) is 5.82 Å². The summed E-state index contributed by atoms with van der Waals surface area (Å²) in [5.41, 5.74) is 2.11. The van der Waals surface area contributed by atoms with E-state index in [1.54, 1.807) is 25.1 Å². The molecule has 3 atom stereocenters. The number of amides is 2. The molecule has 2 aromatic rings. The summed E-state index contributed by atoms with van der Waals surface area (Å²) in [6, 6.07) is 10.2. The van der Waals surface area contributed by atoms with Gasteiger partial charge in [-0.1, -0.05) is 6.07 Å². The third-order valence-electron chi connectivity index (χ3n) is 6.68. The molecule has 7 nitrogen and oxygen atoms in total. The third-order valence-corrected chi connectivity index (χ3v) is 7.30. The molecule has 3 heterocycles. The highest BCUT2D eigenvalue weighted by Gasteiger charge is 2.41. The zero-order valence-corrected chi connectivity index (χ0v) is 20.3. The molecule has 1 aromatic carbocycles. The van der Waals surface area contributed by atoms with E-state index < -0.39 is 0 Å². The number of fused-ring (bicyclic) bond motifs is 2. The second-order valence-corrected chi connectivity index (χ2v) is 9.71. The van der Waals surface area contributed by atoms with Crippen molar-refractivity contribution in [2.24, 2.45) is 0 Å². The van der Waals surface area contributed by atoms with Crippen molar-refractivity contribution in [2.45, 2.75) is 50.7 Å². The highest BCUT2D eigenvalue weighted by atomic mass is 32.2. The summed E-state index contributed by atoms with van der Waals surface area (Å²) in [5.74, 6) is 2.41. The van der Waals surface area contributed by atoms with Gasteiger partial charge in [0, 0.05) is 47.7 Å². The van der Waals surface area contributed by atoms with Crippen LogP contribution in [0, 0.1) is 6.92 Å². The lowest BCUT2D eigenvalue weighted by molar-refractivity contribution is 0.0924. The highest BCUT2D eigenvalue weighted by Crippen LogP contribution is 2.38. The predicted octanol–water partition coefficient (Wildman–Crippen LogP) is 3.42. The van der Waals surface area contributed by atoms with E-state index in [4.69, 9.17) is 4.74 Å². The summed E-state index contributed by atoms with van der Waals surface area (Å²) in [5, 5.41) is 6.17. The van der Waals surface area contributed by atoms with Crippen molar-refractivity contribution in [1.29, 1.82) is 0 Å². The van der Waals surface area contributed by atoms with Gasteiger partial charge >= 0.3 is 0 Å². The van der Waals surface area contributed by atoms with Gasteiger partial charge in [-0.05, 0) is 63.1 Å². The Bertz CT molecular complexity index is 984. The maximum absolute atomic E-state index is 13.0. The second-order valence-electron chi connectivity index (χ2n) is 8.72. The van der Waals surface area contributed by atoms with Crippen LogP contribution >= 0.6 is 11.8 Å². The minimum atomic E-state index is -0.0830. The van der Waals surface area contributed by atoms with Gasteiger partial charge in [0.1, 0.15) is 11.6 Å². The zero-order valence-electron chi connectivity index (χ0n) is 19.5. The van der Waals surface area contributed by atoms with Crippen LogP contribution in [0.5, 0.6) is 5.75 Å². The Morgan fingerprint density at radius 2 is 1.91 bits per heavy atom. The van der Waals surface area contributed by atoms with Crippen molar-refractivity contribution >= 4 is 29.4 Å². The average Bonchev–Trinajstić information content (AvgIpc) is 3.09. The van der Waals surface area contributed by atoms with E-state index in [0.29, 0.717) is 29.8 Å². The fourth-order valence-corrected chi connectivity index (χ4v) is 5.36. The zero-order chi connectivity index (χ0) is 23.4. The Morgan fingerprint density at radius 1 is 1.15 bits per heavy atom. The average molecular weight is 469 g/mol. The number of nitrogens with zero attached hydrogens (tertiary/aromatic N) is 2. The molecule has 33 heavy (non-hydrogen) atoms. The number of hydrogen-bond donors (Lipinski definition) is 2. The summed E-state index contributed by atoms with van der Waals surface area (Å²) in [6.07, 6.45) is 7.66. The van der Waals surface area contributed by atoms with Crippen LogP contribution in [0.1, 0.15) is 52.0 Å². The monoisotopic (exact) mass is 468 g/mol. The summed E-state index contributed by atoms with van der Waals surface area (Å²) in [4.78, 5) is 32.2. The summed E-state index contributed by atoms with van der Waals surface area (Å²) >= 11 is 1.70. The molecule has 1 unspecified atom stereocenters. The quantitative estimate of drug-likeness (QED) is 0.578. The van der Waals surface area contributed by atoms with E-state index in [9.17, 15) is 9.59 Å². The van der Waals surface area contributed by atoms with Gasteiger partial charge in [-0.3, -0.25) is 9.59 Å². The number of anilines is 1. The van der Waals surface area contributed by atoms with Gasteiger partial charge in [0.15, 0.2) is 0 Å². The number of thioether (sulfide) groups is 1. The van der Waals surface area contributed by atoms with Gasteiger partial charge in [-0.15, -0.1) is 0 Å². The van der Waals surface area contributed by atoms with Crippen molar-refractivity contribution in [3.63, 3.8) is 0 Å². The molecule has 2 bridgehead atoms. The van der Waals surface area contributed by atoms with Crippen LogP contribution in [-0.2, 0) is 0 Å². The smallest absolute Gasteiger partial charge is 0.252 e. The molecule has 176 valence electrons. The van der Waals surface area contributed by atoms with Gasteiger partial charge in [-0.2, -0.15) is 11.8 Å². The normalized spacial score (nSPS) is 21.5. The molecule has 2 amide bonds. The van der Waals surface area contributed by atoms with Crippen LogP contribution in [0.2, 0.25) is 0 Å². The standard InChI is InChI=1S/C25H32N4O3S/c1-16-21(5-4-6-22(16)32-2)25(31)28-18-13-19-8-9-20(14-18)29(19)23-10-7-17(15-27-23)24(30)26-11-12-33-3/h4-7,10,15,18-20H,8-9,11-14H2,1-3H3,(H,26,30)(H,28,31)/t18?,19-,20+. The Morgan fingerprint density at radius 3 is 2.55 bits per heavy atom. The first-order valence-corrected chi connectivity index (χ1v) is 12.9. The van der Waals surface area contributed by atoms with Crippen molar-refractivity contribution in [3.05, 3.63) is 53.2 Å². The summed E-state index contributed by atoms with van der Waals surface area (Å²) in [6.45, 7) is 2.57. The lowest BCUT2D eigenvalue weighted by Crippen LogP contribution is -2.50. The Hall–Kier alpha value is -2.74. The molecule has 2 aliphatic rings. The largest absolute Gasteiger partial charge is 0.496 e. The van der Waals surface area contributed by atoms with Gasteiger partial charge < -0.3 is 20.3 Å². The lowest BCUT2D eigenvalue weighted by atomic mass is 9.96. The number of benzene rings is 1. The molecular weight excluding hydrogens is 436 g/mol. The van der Waals surface area contributed by atoms with E-state index in [0.717, 1.165) is 48.6 Å². The van der Waals surface area contributed by atoms with E-state index in [1.165, 1.54) is 0 Å². The Kier molecular flexibility index (Phi) is 7.42. The molecule has 0 saturated carbocycles. The lowest BCUT2D eigenvalue weighted by Gasteiger charge is -2.40. The molecule has 0 spiro atoms. The maximum Gasteiger partial charge on any atom is 0.252 e. The molecule has 8 heteroatoms. The Labute approximate surface area is 199 Å². The van der Waals surface area contributed by atoms with Crippen molar-refractivity contribution in [1.82, 2.24) is 15.6 Å². The number of carbonyl (C=O) groups is 2. The number of carbonyl (C=O) groups excluding carboxylic acids is 2. The Balaban J connectivity index is 1.38. The number of hydrogen-bond acceptors (Lipinski definition) is 6. The van der Waals surface area contributed by atoms with E-state index in [1.807, 2.05) is 43.5 Å². The van der Waals surface area contributed by atoms with Crippen molar-refractivity contribution in [2.75, 3.05) is 30.6 Å². The third kappa shape index (κ3) is 5.11. The predicted molar refractivity (Wildman–Crippen MR) is 132 cm³/mol. The molecule has 2 N–H and O–H groups in total. The summed E-state index contributed by atoms with van der Waals surface area (Å²) < 4.78 is 5.36. The molecule has 2 saturated heterocycles. The first-order chi connectivity index (χ1) is 16.0. The van der Waals surface area contributed by atoms with Crippen LogP contribution in [0.3, 0.4) is 0 Å². The molecular formula is C25H32N4O3S. The van der Waals surface area contributed by atoms with Crippen molar-refractivity contribution < 1.29 is 14.3 Å². The fourth-order valence-electron chi connectivity index (χ4n) is 5.06.